The van der Waals surface area contributed by atoms with Gasteiger partial charge in [-0.1, -0.05) is 13.8 Å². The minimum Gasteiger partial charge on any atom is -0.378 e. The molecule has 4 nitrogen and oxygen atoms in total. The van der Waals surface area contributed by atoms with Gasteiger partial charge >= 0.3 is 0 Å². The van der Waals surface area contributed by atoms with Crippen LogP contribution in [0.4, 0.5) is 0 Å². The summed E-state index contributed by atoms with van der Waals surface area (Å²) in [6.07, 6.45) is 2.44. The second kappa shape index (κ2) is 6.02. The predicted octanol–water partition coefficient (Wildman–Crippen LogP) is 1.26. The Hall–Kier alpha value is -0.610. The van der Waals surface area contributed by atoms with Crippen LogP contribution in [0.15, 0.2) is 0 Å². The van der Waals surface area contributed by atoms with E-state index in [0.717, 1.165) is 24.9 Å². The molecule has 104 valence electrons. The maximum atomic E-state index is 12.2. The van der Waals surface area contributed by atoms with Gasteiger partial charge in [0.15, 0.2) is 0 Å². The maximum absolute atomic E-state index is 12.2. The van der Waals surface area contributed by atoms with Crippen LogP contribution in [0.1, 0.15) is 33.6 Å². The summed E-state index contributed by atoms with van der Waals surface area (Å²) in [6, 6.07) is 0.485. The number of morpholine rings is 1. The fraction of sp³-hybridized carbons (Fsp3) is 0.929. The zero-order valence-electron chi connectivity index (χ0n) is 11.8. The molecule has 18 heavy (non-hydrogen) atoms. The molecule has 4 heteroatoms. The molecule has 1 saturated heterocycles. The predicted molar refractivity (Wildman–Crippen MR) is 71.3 cm³/mol. The summed E-state index contributed by atoms with van der Waals surface area (Å²) in [4.78, 5) is 14.1. The number of carbonyl (C=O) groups is 1. The molecule has 0 aromatic heterocycles. The van der Waals surface area contributed by atoms with E-state index in [1.54, 1.807) is 0 Å². The molecule has 2 aliphatic rings. The zero-order chi connectivity index (χ0) is 13.1. The van der Waals surface area contributed by atoms with Gasteiger partial charge in [0.2, 0.25) is 5.91 Å². The molecule has 1 unspecified atom stereocenters. The van der Waals surface area contributed by atoms with Crippen molar-refractivity contribution >= 4 is 5.91 Å². The lowest BCUT2D eigenvalue weighted by atomic mass is 9.73. The number of nitrogens with one attached hydrogen (secondary N) is 1. The van der Waals surface area contributed by atoms with Crippen LogP contribution in [-0.4, -0.2) is 49.2 Å². The van der Waals surface area contributed by atoms with Gasteiger partial charge in [0, 0.05) is 19.1 Å². The van der Waals surface area contributed by atoms with Gasteiger partial charge in [-0.15, -0.1) is 0 Å². The number of rotatable bonds is 4. The first-order valence-electron chi connectivity index (χ1n) is 7.20. The fourth-order valence-corrected chi connectivity index (χ4v) is 2.82. The molecule has 2 rings (SSSR count). The Morgan fingerprint density at radius 1 is 1.22 bits per heavy atom. The van der Waals surface area contributed by atoms with Crippen molar-refractivity contribution in [3.63, 3.8) is 0 Å². The second-order valence-corrected chi connectivity index (χ2v) is 6.00. The Morgan fingerprint density at radius 2 is 1.83 bits per heavy atom. The first-order valence-corrected chi connectivity index (χ1v) is 7.20. The monoisotopic (exact) mass is 254 g/mol. The first-order chi connectivity index (χ1) is 8.58. The quantitative estimate of drug-likeness (QED) is 0.821. The Bertz CT molecular complexity index is 282. The third-order valence-electron chi connectivity index (χ3n) is 4.30. The SMILES string of the molecule is CC(NC1CC(C(C)C)C1)C(=O)N1CCOCC1. The summed E-state index contributed by atoms with van der Waals surface area (Å²) in [5.74, 6) is 1.84. The lowest BCUT2D eigenvalue weighted by Crippen LogP contribution is -2.54. The molecular formula is C14H26N2O2. The van der Waals surface area contributed by atoms with Crippen molar-refractivity contribution in [2.45, 2.75) is 45.7 Å². The third kappa shape index (κ3) is 3.23. The highest BCUT2D eigenvalue weighted by molar-refractivity contribution is 5.81. The van der Waals surface area contributed by atoms with Crippen molar-refractivity contribution in [2.75, 3.05) is 26.3 Å². The van der Waals surface area contributed by atoms with Crippen LogP contribution in [0.2, 0.25) is 0 Å². The number of hydrogen-bond acceptors (Lipinski definition) is 3. The molecule has 1 saturated carbocycles. The van der Waals surface area contributed by atoms with Crippen molar-refractivity contribution in [3.05, 3.63) is 0 Å². The summed E-state index contributed by atoms with van der Waals surface area (Å²) >= 11 is 0. The number of ether oxygens (including phenoxy) is 1. The Kier molecular flexibility index (Phi) is 4.62. The van der Waals surface area contributed by atoms with Gasteiger partial charge < -0.3 is 15.0 Å². The van der Waals surface area contributed by atoms with Gasteiger partial charge in [-0.05, 0) is 31.6 Å². The molecule has 1 atom stereocenters. The van der Waals surface area contributed by atoms with Gasteiger partial charge in [-0.2, -0.15) is 0 Å². The smallest absolute Gasteiger partial charge is 0.239 e. The molecule has 1 aliphatic carbocycles. The minimum absolute atomic E-state index is 0.0544. The fourth-order valence-electron chi connectivity index (χ4n) is 2.82. The molecule has 1 aliphatic heterocycles. The molecule has 0 radical (unpaired) electrons. The maximum Gasteiger partial charge on any atom is 0.239 e. The zero-order valence-corrected chi connectivity index (χ0v) is 11.8. The van der Waals surface area contributed by atoms with Gasteiger partial charge in [0.25, 0.3) is 0 Å². The van der Waals surface area contributed by atoms with Crippen LogP contribution in [0.5, 0.6) is 0 Å². The topological polar surface area (TPSA) is 41.6 Å². The highest BCUT2D eigenvalue weighted by Gasteiger charge is 2.33. The highest BCUT2D eigenvalue weighted by Crippen LogP contribution is 2.33. The summed E-state index contributed by atoms with van der Waals surface area (Å²) in [5, 5.41) is 3.47. The summed E-state index contributed by atoms with van der Waals surface area (Å²) in [6.45, 7) is 9.38. The van der Waals surface area contributed by atoms with E-state index < -0.39 is 0 Å². The molecule has 0 bridgehead atoms. The second-order valence-electron chi connectivity index (χ2n) is 6.00. The van der Waals surface area contributed by atoms with Gasteiger partial charge in [-0.25, -0.2) is 0 Å². The molecule has 2 fully saturated rings. The van der Waals surface area contributed by atoms with Crippen LogP contribution < -0.4 is 5.32 Å². The van der Waals surface area contributed by atoms with Crippen LogP contribution >= 0.6 is 0 Å². The summed E-state index contributed by atoms with van der Waals surface area (Å²) < 4.78 is 5.27. The lowest BCUT2D eigenvalue weighted by Gasteiger charge is -2.40. The minimum atomic E-state index is -0.0544. The Labute approximate surface area is 110 Å². The average Bonchev–Trinajstić information content (AvgIpc) is 2.32. The van der Waals surface area contributed by atoms with Gasteiger partial charge in [0.1, 0.15) is 0 Å². The average molecular weight is 254 g/mol. The van der Waals surface area contributed by atoms with Crippen LogP contribution in [0, 0.1) is 11.8 Å². The number of carbonyl (C=O) groups excluding carboxylic acids is 1. The van der Waals surface area contributed by atoms with Gasteiger partial charge in [-0.3, -0.25) is 4.79 Å². The summed E-state index contributed by atoms with van der Waals surface area (Å²) in [5.41, 5.74) is 0. The third-order valence-corrected chi connectivity index (χ3v) is 4.30. The summed E-state index contributed by atoms with van der Waals surface area (Å²) in [7, 11) is 0. The molecule has 1 amide bonds. The van der Waals surface area contributed by atoms with E-state index in [2.05, 4.69) is 19.2 Å². The standard InChI is InChI=1S/C14H26N2O2/c1-10(2)12-8-13(9-12)15-11(3)14(17)16-4-6-18-7-5-16/h10-13,15H,4-9H2,1-3H3. The largest absolute Gasteiger partial charge is 0.378 e. The van der Waals surface area contributed by atoms with Crippen molar-refractivity contribution < 1.29 is 9.53 Å². The highest BCUT2D eigenvalue weighted by atomic mass is 16.5. The van der Waals surface area contributed by atoms with Crippen LogP contribution in [0.25, 0.3) is 0 Å². The van der Waals surface area contributed by atoms with Crippen molar-refractivity contribution in [1.82, 2.24) is 10.2 Å². The molecule has 1 heterocycles. The molecule has 0 aromatic rings. The van der Waals surface area contributed by atoms with E-state index in [-0.39, 0.29) is 11.9 Å². The van der Waals surface area contributed by atoms with Gasteiger partial charge in [0.05, 0.1) is 19.3 Å². The van der Waals surface area contributed by atoms with E-state index in [4.69, 9.17) is 4.74 Å². The van der Waals surface area contributed by atoms with Crippen LogP contribution in [-0.2, 0) is 9.53 Å². The first kappa shape index (κ1) is 13.8. The van der Waals surface area contributed by atoms with E-state index in [9.17, 15) is 4.79 Å². The normalized spacial score (nSPS) is 30.1. The Morgan fingerprint density at radius 3 is 2.39 bits per heavy atom. The van der Waals surface area contributed by atoms with Crippen molar-refractivity contribution in [1.29, 1.82) is 0 Å². The Balaban J connectivity index is 1.71. The number of nitrogens with zero attached hydrogens (tertiary/aromatic N) is 1. The molecule has 0 aromatic carbocycles. The van der Waals surface area contributed by atoms with E-state index in [1.165, 1.54) is 12.8 Å². The van der Waals surface area contributed by atoms with E-state index >= 15 is 0 Å². The van der Waals surface area contributed by atoms with Crippen LogP contribution in [0.3, 0.4) is 0 Å². The molecular weight excluding hydrogens is 228 g/mol. The molecule has 0 spiro atoms. The lowest BCUT2D eigenvalue weighted by molar-refractivity contribution is -0.137. The van der Waals surface area contributed by atoms with E-state index in [0.29, 0.717) is 19.3 Å². The molecule has 1 N–H and O–H groups in total. The van der Waals surface area contributed by atoms with Crippen molar-refractivity contribution in [2.24, 2.45) is 11.8 Å². The van der Waals surface area contributed by atoms with Crippen molar-refractivity contribution in [3.8, 4) is 0 Å². The number of hydrogen-bond donors (Lipinski definition) is 1. The number of amides is 1. The van der Waals surface area contributed by atoms with E-state index in [1.807, 2.05) is 11.8 Å².